The maximum absolute atomic E-state index is 11.9. The summed E-state index contributed by atoms with van der Waals surface area (Å²) in [6.45, 7) is 0. The van der Waals surface area contributed by atoms with Crippen LogP contribution in [0.2, 0.25) is 0 Å². The molecule has 1 fully saturated rings. The van der Waals surface area contributed by atoms with E-state index in [2.05, 4.69) is 5.32 Å². The van der Waals surface area contributed by atoms with Gasteiger partial charge in [0, 0.05) is 5.56 Å². The topological polar surface area (TPSA) is 75.3 Å². The highest BCUT2D eigenvalue weighted by molar-refractivity contribution is 7.80. The van der Waals surface area contributed by atoms with Crippen LogP contribution in [0.5, 0.6) is 5.75 Å². The number of hydrogen-bond acceptors (Lipinski definition) is 3. The van der Waals surface area contributed by atoms with Crippen molar-refractivity contribution in [2.24, 2.45) is 11.7 Å². The van der Waals surface area contributed by atoms with Crippen LogP contribution in [0.25, 0.3) is 0 Å². The highest BCUT2D eigenvalue weighted by Crippen LogP contribution is 2.32. The second-order valence-electron chi connectivity index (χ2n) is 4.59. The standard InChI is InChI=1S/C13H16N2O2S/c14-13(18)12(8-5-6-8)15-11(17)7-9-3-1-2-4-10(9)16/h1-4,8,12,16H,5-7H2,(H2,14,18)(H,15,17). The fourth-order valence-electron chi connectivity index (χ4n) is 1.91. The lowest BCUT2D eigenvalue weighted by Gasteiger charge is -2.16. The largest absolute Gasteiger partial charge is 0.508 e. The third kappa shape index (κ3) is 3.20. The second-order valence-corrected chi connectivity index (χ2v) is 5.06. The Bertz CT molecular complexity index is 472. The van der Waals surface area contributed by atoms with E-state index in [9.17, 15) is 9.90 Å². The Morgan fingerprint density at radius 3 is 2.72 bits per heavy atom. The molecule has 0 heterocycles. The van der Waals surface area contributed by atoms with Gasteiger partial charge in [-0.3, -0.25) is 4.79 Å². The average Bonchev–Trinajstić information content (AvgIpc) is 3.13. The van der Waals surface area contributed by atoms with Gasteiger partial charge in [0.15, 0.2) is 0 Å². The molecular formula is C13H16N2O2S. The van der Waals surface area contributed by atoms with Gasteiger partial charge in [0.2, 0.25) is 5.91 Å². The van der Waals surface area contributed by atoms with Gasteiger partial charge in [0.1, 0.15) is 5.75 Å². The van der Waals surface area contributed by atoms with Crippen LogP contribution in [0.15, 0.2) is 24.3 Å². The summed E-state index contributed by atoms with van der Waals surface area (Å²) in [6.07, 6.45) is 2.25. The van der Waals surface area contributed by atoms with Crippen molar-refractivity contribution >= 4 is 23.1 Å². The van der Waals surface area contributed by atoms with Crippen molar-refractivity contribution in [3.05, 3.63) is 29.8 Å². The predicted molar refractivity (Wildman–Crippen MR) is 73.3 cm³/mol. The Morgan fingerprint density at radius 2 is 2.17 bits per heavy atom. The quantitative estimate of drug-likeness (QED) is 0.697. The first kappa shape index (κ1) is 12.8. The lowest BCUT2D eigenvalue weighted by molar-refractivity contribution is -0.120. The molecule has 1 aromatic carbocycles. The number of carbonyl (C=O) groups is 1. The summed E-state index contributed by atoms with van der Waals surface area (Å²) >= 11 is 4.96. The molecule has 1 amide bonds. The van der Waals surface area contributed by atoms with Gasteiger partial charge in [-0.2, -0.15) is 0 Å². The minimum atomic E-state index is -0.210. The summed E-state index contributed by atoms with van der Waals surface area (Å²) in [5.41, 5.74) is 6.22. The minimum Gasteiger partial charge on any atom is -0.508 e. The molecule has 0 spiro atoms. The normalized spacial score (nSPS) is 16.0. The molecule has 1 unspecified atom stereocenters. The van der Waals surface area contributed by atoms with E-state index in [1.54, 1.807) is 24.3 Å². The molecule has 0 radical (unpaired) electrons. The molecular weight excluding hydrogens is 248 g/mol. The van der Waals surface area contributed by atoms with E-state index in [0.717, 1.165) is 12.8 Å². The van der Waals surface area contributed by atoms with Crippen LogP contribution in [0, 0.1) is 5.92 Å². The molecule has 18 heavy (non-hydrogen) atoms. The highest BCUT2D eigenvalue weighted by atomic mass is 32.1. The first-order valence-electron chi connectivity index (χ1n) is 5.93. The highest BCUT2D eigenvalue weighted by Gasteiger charge is 2.34. The van der Waals surface area contributed by atoms with E-state index in [1.165, 1.54) is 0 Å². The van der Waals surface area contributed by atoms with E-state index in [-0.39, 0.29) is 24.1 Å². The van der Waals surface area contributed by atoms with Crippen molar-refractivity contribution < 1.29 is 9.90 Å². The number of carbonyl (C=O) groups excluding carboxylic acids is 1. The van der Waals surface area contributed by atoms with Crippen LogP contribution < -0.4 is 11.1 Å². The molecule has 0 aliphatic heterocycles. The molecule has 4 N–H and O–H groups in total. The van der Waals surface area contributed by atoms with Gasteiger partial charge in [0.25, 0.3) is 0 Å². The molecule has 2 rings (SSSR count). The molecule has 1 saturated carbocycles. The van der Waals surface area contributed by atoms with E-state index in [0.29, 0.717) is 16.5 Å². The Kier molecular flexibility index (Phi) is 3.81. The number of phenolic OH excluding ortho intramolecular Hbond substituents is 1. The molecule has 0 aromatic heterocycles. The van der Waals surface area contributed by atoms with Gasteiger partial charge in [0.05, 0.1) is 17.5 Å². The lowest BCUT2D eigenvalue weighted by Crippen LogP contribution is -2.45. The van der Waals surface area contributed by atoms with Crippen molar-refractivity contribution in [2.45, 2.75) is 25.3 Å². The third-order valence-corrected chi connectivity index (χ3v) is 3.31. The summed E-state index contributed by atoms with van der Waals surface area (Å²) in [5, 5.41) is 12.4. The number of benzene rings is 1. The Hall–Kier alpha value is -1.62. The lowest BCUT2D eigenvalue weighted by atomic mass is 10.1. The van der Waals surface area contributed by atoms with Gasteiger partial charge in [-0.25, -0.2) is 0 Å². The number of nitrogens with one attached hydrogen (secondary N) is 1. The van der Waals surface area contributed by atoms with Gasteiger partial charge in [-0.05, 0) is 24.8 Å². The van der Waals surface area contributed by atoms with E-state index < -0.39 is 0 Å². The van der Waals surface area contributed by atoms with E-state index in [4.69, 9.17) is 18.0 Å². The van der Waals surface area contributed by atoms with Crippen LogP contribution in [-0.2, 0) is 11.2 Å². The number of para-hydroxylation sites is 1. The Labute approximate surface area is 111 Å². The molecule has 0 bridgehead atoms. The van der Waals surface area contributed by atoms with Crippen LogP contribution in [0.1, 0.15) is 18.4 Å². The molecule has 0 saturated heterocycles. The van der Waals surface area contributed by atoms with E-state index >= 15 is 0 Å². The summed E-state index contributed by atoms with van der Waals surface area (Å²) in [6, 6.07) is 6.59. The van der Waals surface area contributed by atoms with Crippen molar-refractivity contribution in [3.8, 4) is 5.75 Å². The molecule has 1 aliphatic rings. The van der Waals surface area contributed by atoms with Crippen molar-refractivity contribution in [1.29, 1.82) is 0 Å². The molecule has 1 aromatic rings. The summed E-state index contributed by atoms with van der Waals surface area (Å²) < 4.78 is 0. The Morgan fingerprint density at radius 1 is 1.50 bits per heavy atom. The van der Waals surface area contributed by atoms with E-state index in [1.807, 2.05) is 0 Å². The Balaban J connectivity index is 1.96. The number of nitrogens with two attached hydrogens (primary N) is 1. The van der Waals surface area contributed by atoms with Gasteiger partial charge < -0.3 is 16.2 Å². The van der Waals surface area contributed by atoms with Crippen LogP contribution in [-0.4, -0.2) is 22.0 Å². The molecule has 5 heteroatoms. The minimum absolute atomic E-state index is 0.131. The number of thiocarbonyl (C=S) groups is 1. The van der Waals surface area contributed by atoms with Crippen molar-refractivity contribution in [1.82, 2.24) is 5.32 Å². The van der Waals surface area contributed by atoms with Crippen molar-refractivity contribution in [3.63, 3.8) is 0 Å². The second kappa shape index (κ2) is 5.35. The summed E-state index contributed by atoms with van der Waals surface area (Å²) in [7, 11) is 0. The van der Waals surface area contributed by atoms with Gasteiger partial charge in [-0.15, -0.1) is 0 Å². The summed E-state index contributed by atoms with van der Waals surface area (Å²) in [5.74, 6) is 0.350. The number of hydrogen-bond donors (Lipinski definition) is 3. The maximum atomic E-state index is 11.9. The van der Waals surface area contributed by atoms with Crippen molar-refractivity contribution in [2.75, 3.05) is 0 Å². The molecule has 96 valence electrons. The number of aromatic hydroxyl groups is 1. The SMILES string of the molecule is NC(=S)C(NC(=O)Cc1ccccc1O)C1CC1. The number of amides is 1. The van der Waals surface area contributed by atoms with Gasteiger partial charge >= 0.3 is 0 Å². The first-order valence-corrected chi connectivity index (χ1v) is 6.34. The van der Waals surface area contributed by atoms with Crippen LogP contribution in [0.3, 0.4) is 0 Å². The van der Waals surface area contributed by atoms with Gasteiger partial charge in [-0.1, -0.05) is 30.4 Å². The fourth-order valence-corrected chi connectivity index (χ4v) is 2.16. The molecule has 1 atom stereocenters. The van der Waals surface area contributed by atoms with Crippen LogP contribution >= 0.6 is 12.2 Å². The predicted octanol–water partition coefficient (Wildman–Crippen LogP) is 1.12. The maximum Gasteiger partial charge on any atom is 0.225 e. The summed E-state index contributed by atoms with van der Waals surface area (Å²) in [4.78, 5) is 12.2. The van der Waals surface area contributed by atoms with Crippen LogP contribution in [0.4, 0.5) is 0 Å². The fraction of sp³-hybridized carbons (Fsp3) is 0.385. The smallest absolute Gasteiger partial charge is 0.225 e. The number of phenols is 1. The first-order chi connectivity index (χ1) is 8.58. The molecule has 4 nitrogen and oxygen atoms in total. The monoisotopic (exact) mass is 264 g/mol. The zero-order chi connectivity index (χ0) is 13.1. The number of rotatable bonds is 5. The molecule has 1 aliphatic carbocycles. The zero-order valence-electron chi connectivity index (χ0n) is 9.93. The zero-order valence-corrected chi connectivity index (χ0v) is 10.7. The average molecular weight is 264 g/mol. The third-order valence-electron chi connectivity index (χ3n) is 3.06.